The summed E-state index contributed by atoms with van der Waals surface area (Å²) in [6.07, 6.45) is 1.76. The Morgan fingerprint density at radius 2 is 2.29 bits per heavy atom. The molecule has 0 bridgehead atoms. The first-order valence-electron chi connectivity index (χ1n) is 4.52. The monoisotopic (exact) mass is 196 g/mol. The molecule has 14 heavy (non-hydrogen) atoms. The Balaban J connectivity index is 2.71. The maximum Gasteiger partial charge on any atom is 0.159 e. The average molecular weight is 196 g/mol. The van der Waals surface area contributed by atoms with Crippen molar-refractivity contribution in [3.05, 3.63) is 12.2 Å². The number of likely N-dealkylation sites (N-methyl/N-ethyl adjacent to an activating group) is 1. The molecule has 0 radical (unpaired) electrons. The Labute approximate surface area is 83.5 Å². The van der Waals surface area contributed by atoms with Crippen molar-refractivity contribution in [2.24, 2.45) is 7.05 Å². The smallest absolute Gasteiger partial charge is 0.159 e. The van der Waals surface area contributed by atoms with E-state index in [0.29, 0.717) is 12.2 Å². The minimum atomic E-state index is -0.508. The van der Waals surface area contributed by atoms with E-state index in [4.69, 9.17) is 0 Å². The second kappa shape index (κ2) is 3.88. The largest absolute Gasteiger partial charge is 0.308 e. The fraction of sp³-hybridized carbons (Fsp3) is 0.667. The van der Waals surface area contributed by atoms with Crippen molar-refractivity contribution in [1.82, 2.24) is 20.1 Å². The molecular weight excluding hydrogens is 180 g/mol. The lowest BCUT2D eigenvalue weighted by Crippen LogP contribution is -2.45. The maximum absolute atomic E-state index is 11.8. The summed E-state index contributed by atoms with van der Waals surface area (Å²) in [6.45, 7) is 3.71. The van der Waals surface area contributed by atoms with E-state index in [9.17, 15) is 4.79 Å². The van der Waals surface area contributed by atoms with Crippen molar-refractivity contribution in [3.8, 4) is 0 Å². The van der Waals surface area contributed by atoms with Crippen molar-refractivity contribution in [2.75, 3.05) is 7.05 Å². The summed E-state index contributed by atoms with van der Waals surface area (Å²) >= 11 is 0. The molecule has 5 heteroatoms. The van der Waals surface area contributed by atoms with E-state index in [1.807, 2.05) is 13.8 Å². The molecule has 0 aliphatic carbocycles. The molecule has 0 amide bonds. The highest BCUT2D eigenvalue weighted by Crippen LogP contribution is 2.06. The maximum atomic E-state index is 11.8. The van der Waals surface area contributed by atoms with E-state index in [1.54, 1.807) is 18.8 Å². The third-order valence-corrected chi connectivity index (χ3v) is 2.45. The van der Waals surface area contributed by atoms with Gasteiger partial charge in [-0.15, -0.1) is 0 Å². The molecule has 0 aromatic carbocycles. The first kappa shape index (κ1) is 10.8. The minimum Gasteiger partial charge on any atom is -0.308 e. The SMILES string of the molecule is CNC(C)(C)C(=O)Cc1ncnn1C. The van der Waals surface area contributed by atoms with Crippen LogP contribution in [0.4, 0.5) is 0 Å². The molecule has 1 aromatic rings. The molecule has 1 heterocycles. The highest BCUT2D eigenvalue weighted by Gasteiger charge is 2.26. The number of nitrogens with one attached hydrogen (secondary N) is 1. The molecule has 0 fully saturated rings. The van der Waals surface area contributed by atoms with Crippen molar-refractivity contribution in [3.63, 3.8) is 0 Å². The lowest BCUT2D eigenvalue weighted by molar-refractivity contribution is -0.123. The Morgan fingerprint density at radius 3 is 2.71 bits per heavy atom. The van der Waals surface area contributed by atoms with Crippen LogP contribution in [0.25, 0.3) is 0 Å². The molecule has 0 spiro atoms. The third kappa shape index (κ3) is 2.17. The standard InChI is InChI=1S/C9H16N4O/c1-9(2,10-3)7(14)5-8-11-6-12-13(8)4/h6,10H,5H2,1-4H3. The van der Waals surface area contributed by atoms with Crippen LogP contribution in [0.1, 0.15) is 19.7 Å². The predicted molar refractivity (Wildman–Crippen MR) is 52.9 cm³/mol. The van der Waals surface area contributed by atoms with E-state index in [1.165, 1.54) is 6.33 Å². The van der Waals surface area contributed by atoms with Gasteiger partial charge in [-0.25, -0.2) is 4.98 Å². The number of rotatable bonds is 4. The summed E-state index contributed by atoms with van der Waals surface area (Å²) in [5.41, 5.74) is -0.508. The number of aromatic nitrogens is 3. The van der Waals surface area contributed by atoms with E-state index in [0.717, 1.165) is 0 Å². The molecule has 1 rings (SSSR count). The molecule has 78 valence electrons. The van der Waals surface area contributed by atoms with Gasteiger partial charge in [0.05, 0.1) is 12.0 Å². The molecule has 0 saturated carbocycles. The summed E-state index contributed by atoms with van der Waals surface area (Å²) in [6, 6.07) is 0. The van der Waals surface area contributed by atoms with Crippen molar-refractivity contribution in [1.29, 1.82) is 0 Å². The first-order chi connectivity index (χ1) is 6.47. The van der Waals surface area contributed by atoms with E-state index in [-0.39, 0.29) is 5.78 Å². The molecular formula is C9H16N4O. The van der Waals surface area contributed by atoms with Gasteiger partial charge in [-0.3, -0.25) is 9.48 Å². The number of carbonyl (C=O) groups is 1. The fourth-order valence-corrected chi connectivity index (χ4v) is 0.984. The topological polar surface area (TPSA) is 59.8 Å². The van der Waals surface area contributed by atoms with Gasteiger partial charge in [0.15, 0.2) is 5.78 Å². The van der Waals surface area contributed by atoms with Crippen LogP contribution in [0.15, 0.2) is 6.33 Å². The molecule has 0 atom stereocenters. The van der Waals surface area contributed by atoms with Crippen molar-refractivity contribution < 1.29 is 4.79 Å². The lowest BCUT2D eigenvalue weighted by atomic mass is 9.97. The number of hydrogen-bond acceptors (Lipinski definition) is 4. The van der Waals surface area contributed by atoms with Gasteiger partial charge in [-0.1, -0.05) is 0 Å². The summed E-state index contributed by atoms with van der Waals surface area (Å²) in [5, 5.41) is 6.88. The third-order valence-electron chi connectivity index (χ3n) is 2.45. The van der Waals surface area contributed by atoms with Crippen LogP contribution < -0.4 is 5.32 Å². The number of carbonyl (C=O) groups excluding carboxylic acids is 1. The van der Waals surface area contributed by atoms with Crippen molar-refractivity contribution in [2.45, 2.75) is 25.8 Å². The summed E-state index contributed by atoms with van der Waals surface area (Å²) in [4.78, 5) is 15.8. The molecule has 1 N–H and O–H groups in total. The summed E-state index contributed by atoms with van der Waals surface area (Å²) in [5.74, 6) is 0.800. The average Bonchev–Trinajstić information content (AvgIpc) is 2.52. The van der Waals surface area contributed by atoms with E-state index in [2.05, 4.69) is 15.4 Å². The van der Waals surface area contributed by atoms with Crippen LogP contribution in [0, 0.1) is 0 Å². The first-order valence-corrected chi connectivity index (χ1v) is 4.52. The van der Waals surface area contributed by atoms with Crippen molar-refractivity contribution >= 4 is 5.78 Å². The summed E-state index contributed by atoms with van der Waals surface area (Å²) < 4.78 is 1.61. The second-order valence-corrected chi connectivity index (χ2v) is 3.77. The molecule has 0 unspecified atom stereocenters. The zero-order chi connectivity index (χ0) is 10.8. The number of Topliss-reactive ketones (excluding diaryl/α,β-unsaturated/α-hetero) is 1. The van der Waals surface area contributed by atoms with Gasteiger partial charge in [0, 0.05) is 7.05 Å². The Morgan fingerprint density at radius 1 is 1.64 bits per heavy atom. The van der Waals surface area contributed by atoms with Gasteiger partial charge in [-0.2, -0.15) is 5.10 Å². The van der Waals surface area contributed by atoms with Crippen LogP contribution in [0.3, 0.4) is 0 Å². The highest BCUT2D eigenvalue weighted by atomic mass is 16.1. The lowest BCUT2D eigenvalue weighted by Gasteiger charge is -2.21. The number of hydrogen-bond donors (Lipinski definition) is 1. The molecule has 0 aliphatic heterocycles. The van der Waals surface area contributed by atoms with Crippen LogP contribution in [0.2, 0.25) is 0 Å². The number of aryl methyl sites for hydroxylation is 1. The van der Waals surface area contributed by atoms with Crippen LogP contribution in [-0.4, -0.2) is 33.1 Å². The fourth-order valence-electron chi connectivity index (χ4n) is 0.984. The minimum absolute atomic E-state index is 0.108. The van der Waals surface area contributed by atoms with Crippen LogP contribution >= 0.6 is 0 Å². The van der Waals surface area contributed by atoms with E-state index >= 15 is 0 Å². The molecule has 0 aliphatic rings. The Kier molecular flexibility index (Phi) is 3.00. The number of nitrogens with zero attached hydrogens (tertiary/aromatic N) is 3. The zero-order valence-electron chi connectivity index (χ0n) is 9.03. The van der Waals surface area contributed by atoms with Gasteiger partial charge in [0.2, 0.25) is 0 Å². The van der Waals surface area contributed by atoms with Gasteiger partial charge in [-0.05, 0) is 20.9 Å². The van der Waals surface area contributed by atoms with E-state index < -0.39 is 5.54 Å². The normalized spacial score (nSPS) is 11.7. The second-order valence-electron chi connectivity index (χ2n) is 3.77. The van der Waals surface area contributed by atoms with Gasteiger partial charge >= 0.3 is 0 Å². The Hall–Kier alpha value is -1.23. The molecule has 0 saturated heterocycles. The van der Waals surface area contributed by atoms with Gasteiger partial charge in [0.1, 0.15) is 12.2 Å². The van der Waals surface area contributed by atoms with Crippen LogP contribution in [-0.2, 0) is 18.3 Å². The van der Waals surface area contributed by atoms with Gasteiger partial charge < -0.3 is 5.32 Å². The number of ketones is 1. The molecule has 1 aromatic heterocycles. The summed E-state index contributed by atoms with van der Waals surface area (Å²) in [7, 11) is 3.55. The van der Waals surface area contributed by atoms with Crippen LogP contribution in [0.5, 0.6) is 0 Å². The van der Waals surface area contributed by atoms with Gasteiger partial charge in [0.25, 0.3) is 0 Å². The highest BCUT2D eigenvalue weighted by molar-refractivity contribution is 5.88. The zero-order valence-corrected chi connectivity index (χ0v) is 9.03. The molecule has 5 nitrogen and oxygen atoms in total. The Bertz CT molecular complexity index is 329. The quantitative estimate of drug-likeness (QED) is 0.732. The predicted octanol–water partition coefficient (Wildman–Crippen LogP) is -0.0753.